The topological polar surface area (TPSA) is 63.5 Å². The maximum Gasteiger partial charge on any atom is 0.269 e. The van der Waals surface area contributed by atoms with E-state index in [1.54, 1.807) is 19.2 Å². The van der Waals surface area contributed by atoms with Crippen molar-refractivity contribution in [3.63, 3.8) is 0 Å². The number of carbonyl (C=O) groups excluding carboxylic acids is 1. The monoisotopic (exact) mass is 208 g/mol. The molecule has 15 heavy (non-hydrogen) atoms. The summed E-state index contributed by atoms with van der Waals surface area (Å²) < 4.78 is 0. The zero-order valence-corrected chi connectivity index (χ0v) is 8.42. The molecule has 0 unspecified atom stereocenters. The molecule has 1 aromatic rings. The SMILES string of the molecule is CN(C=O)CCc1ccc([N+](=O)[O-])cc1. The second-order valence-corrected chi connectivity index (χ2v) is 3.26. The normalized spacial score (nSPS) is 9.67. The minimum absolute atomic E-state index is 0.0856. The number of nitrogens with zero attached hydrogens (tertiary/aromatic N) is 2. The summed E-state index contributed by atoms with van der Waals surface area (Å²) in [5.41, 5.74) is 1.07. The first-order valence-corrected chi connectivity index (χ1v) is 4.52. The Morgan fingerprint density at radius 2 is 2.00 bits per heavy atom. The van der Waals surface area contributed by atoms with Crippen LogP contribution in [0.25, 0.3) is 0 Å². The van der Waals surface area contributed by atoms with Crippen molar-refractivity contribution >= 4 is 12.1 Å². The largest absolute Gasteiger partial charge is 0.348 e. The average Bonchev–Trinajstić information content (AvgIpc) is 2.26. The highest BCUT2D eigenvalue weighted by atomic mass is 16.6. The summed E-state index contributed by atoms with van der Waals surface area (Å²) in [4.78, 5) is 21.8. The molecule has 0 fully saturated rings. The van der Waals surface area contributed by atoms with E-state index in [9.17, 15) is 14.9 Å². The highest BCUT2D eigenvalue weighted by Gasteiger charge is 2.03. The number of benzene rings is 1. The fraction of sp³-hybridized carbons (Fsp3) is 0.300. The number of non-ortho nitro benzene ring substituents is 1. The smallest absolute Gasteiger partial charge is 0.269 e. The van der Waals surface area contributed by atoms with Crippen LogP contribution >= 0.6 is 0 Å². The molecule has 0 aromatic heterocycles. The highest BCUT2D eigenvalue weighted by Crippen LogP contribution is 2.12. The second-order valence-electron chi connectivity index (χ2n) is 3.26. The Morgan fingerprint density at radius 3 is 2.47 bits per heavy atom. The molecule has 0 atom stereocenters. The molecular weight excluding hydrogens is 196 g/mol. The van der Waals surface area contributed by atoms with E-state index in [1.165, 1.54) is 17.0 Å². The van der Waals surface area contributed by atoms with Crippen molar-refractivity contribution in [3.8, 4) is 0 Å². The minimum Gasteiger partial charge on any atom is -0.348 e. The van der Waals surface area contributed by atoms with Gasteiger partial charge in [-0.25, -0.2) is 0 Å². The number of nitro benzene ring substituents is 1. The number of hydrogen-bond acceptors (Lipinski definition) is 3. The summed E-state index contributed by atoms with van der Waals surface area (Å²) in [5.74, 6) is 0. The van der Waals surface area contributed by atoms with Gasteiger partial charge in [0.1, 0.15) is 0 Å². The van der Waals surface area contributed by atoms with E-state index >= 15 is 0 Å². The van der Waals surface area contributed by atoms with Crippen LogP contribution in [0.3, 0.4) is 0 Å². The van der Waals surface area contributed by atoms with Gasteiger partial charge >= 0.3 is 0 Å². The Balaban J connectivity index is 2.57. The first kappa shape index (κ1) is 11.2. The molecule has 1 aromatic carbocycles. The molecule has 1 rings (SSSR count). The zero-order valence-electron chi connectivity index (χ0n) is 8.42. The van der Waals surface area contributed by atoms with E-state index in [-0.39, 0.29) is 5.69 Å². The average molecular weight is 208 g/mol. The lowest BCUT2D eigenvalue weighted by Crippen LogP contribution is -2.18. The third kappa shape index (κ3) is 3.38. The van der Waals surface area contributed by atoms with E-state index in [4.69, 9.17) is 0 Å². The van der Waals surface area contributed by atoms with Crippen LogP contribution in [0.4, 0.5) is 5.69 Å². The lowest BCUT2D eigenvalue weighted by atomic mass is 10.1. The number of rotatable bonds is 5. The van der Waals surface area contributed by atoms with Crippen molar-refractivity contribution in [1.29, 1.82) is 0 Å². The van der Waals surface area contributed by atoms with Gasteiger partial charge in [0, 0.05) is 25.7 Å². The van der Waals surface area contributed by atoms with Gasteiger partial charge < -0.3 is 4.90 Å². The summed E-state index contributed by atoms with van der Waals surface area (Å²) >= 11 is 0. The van der Waals surface area contributed by atoms with Crippen molar-refractivity contribution in [1.82, 2.24) is 4.90 Å². The van der Waals surface area contributed by atoms with Crippen molar-refractivity contribution in [2.45, 2.75) is 6.42 Å². The minimum atomic E-state index is -0.429. The zero-order chi connectivity index (χ0) is 11.3. The molecule has 0 bridgehead atoms. The lowest BCUT2D eigenvalue weighted by molar-refractivity contribution is -0.384. The molecule has 0 aliphatic carbocycles. The van der Waals surface area contributed by atoms with Crippen molar-refractivity contribution in [3.05, 3.63) is 39.9 Å². The van der Waals surface area contributed by atoms with Gasteiger partial charge in [-0.2, -0.15) is 0 Å². The molecule has 0 heterocycles. The number of nitro groups is 1. The van der Waals surface area contributed by atoms with Gasteiger partial charge in [0.15, 0.2) is 0 Å². The Morgan fingerprint density at radius 1 is 1.40 bits per heavy atom. The Kier molecular flexibility index (Phi) is 3.79. The van der Waals surface area contributed by atoms with E-state index in [0.29, 0.717) is 13.0 Å². The lowest BCUT2D eigenvalue weighted by Gasteiger charge is -2.09. The highest BCUT2D eigenvalue weighted by molar-refractivity contribution is 5.46. The summed E-state index contributed by atoms with van der Waals surface area (Å²) in [6.45, 7) is 0.612. The van der Waals surface area contributed by atoms with Crippen molar-refractivity contribution < 1.29 is 9.72 Å². The fourth-order valence-electron chi connectivity index (χ4n) is 1.14. The van der Waals surface area contributed by atoms with Gasteiger partial charge in [0.05, 0.1) is 4.92 Å². The van der Waals surface area contributed by atoms with E-state index in [0.717, 1.165) is 12.0 Å². The summed E-state index contributed by atoms with van der Waals surface area (Å²) in [5, 5.41) is 10.4. The van der Waals surface area contributed by atoms with Crippen LogP contribution in [-0.4, -0.2) is 29.8 Å². The van der Waals surface area contributed by atoms with Gasteiger partial charge in [0.2, 0.25) is 6.41 Å². The van der Waals surface area contributed by atoms with Gasteiger partial charge in [-0.05, 0) is 12.0 Å². The van der Waals surface area contributed by atoms with Crippen LogP contribution < -0.4 is 0 Å². The van der Waals surface area contributed by atoms with Crippen molar-refractivity contribution in [2.75, 3.05) is 13.6 Å². The van der Waals surface area contributed by atoms with Crippen LogP contribution in [0.15, 0.2) is 24.3 Å². The van der Waals surface area contributed by atoms with Gasteiger partial charge in [-0.3, -0.25) is 14.9 Å². The molecule has 0 aliphatic rings. The summed E-state index contributed by atoms with van der Waals surface area (Å²) in [7, 11) is 1.69. The number of amides is 1. The molecule has 0 aliphatic heterocycles. The van der Waals surface area contributed by atoms with Crippen LogP contribution in [-0.2, 0) is 11.2 Å². The van der Waals surface area contributed by atoms with Gasteiger partial charge in [0.25, 0.3) is 5.69 Å². The molecule has 5 nitrogen and oxygen atoms in total. The third-order valence-corrected chi connectivity index (χ3v) is 2.08. The Hall–Kier alpha value is -1.91. The first-order valence-electron chi connectivity index (χ1n) is 4.52. The fourth-order valence-corrected chi connectivity index (χ4v) is 1.14. The first-order chi connectivity index (χ1) is 7.13. The van der Waals surface area contributed by atoms with Gasteiger partial charge in [-0.1, -0.05) is 12.1 Å². The number of likely N-dealkylation sites (N-methyl/N-ethyl adjacent to an activating group) is 1. The summed E-state index contributed by atoms with van der Waals surface area (Å²) in [6.07, 6.45) is 1.46. The van der Waals surface area contributed by atoms with E-state index < -0.39 is 4.92 Å². The van der Waals surface area contributed by atoms with Crippen molar-refractivity contribution in [2.24, 2.45) is 0 Å². The van der Waals surface area contributed by atoms with E-state index in [1.807, 2.05) is 0 Å². The number of carbonyl (C=O) groups is 1. The van der Waals surface area contributed by atoms with Crippen LogP contribution in [0.2, 0.25) is 0 Å². The maximum absolute atomic E-state index is 10.4. The predicted molar refractivity (Wildman–Crippen MR) is 55.5 cm³/mol. The predicted octanol–water partition coefficient (Wildman–Crippen LogP) is 1.23. The molecule has 0 N–H and O–H groups in total. The molecule has 0 saturated heterocycles. The standard InChI is InChI=1S/C10H12N2O3/c1-11(8-13)7-6-9-2-4-10(5-3-9)12(14)15/h2-5,8H,6-7H2,1H3. The number of hydrogen-bond donors (Lipinski definition) is 0. The van der Waals surface area contributed by atoms with Gasteiger partial charge in [-0.15, -0.1) is 0 Å². The quantitative estimate of drug-likeness (QED) is 0.415. The van der Waals surface area contributed by atoms with E-state index in [2.05, 4.69) is 0 Å². The molecular formula is C10H12N2O3. The maximum atomic E-state index is 10.4. The summed E-state index contributed by atoms with van der Waals surface area (Å²) in [6, 6.07) is 6.35. The molecule has 0 spiro atoms. The van der Waals surface area contributed by atoms with Crippen LogP contribution in [0.5, 0.6) is 0 Å². The van der Waals surface area contributed by atoms with Crippen LogP contribution in [0, 0.1) is 10.1 Å². The van der Waals surface area contributed by atoms with Crippen LogP contribution in [0.1, 0.15) is 5.56 Å². The molecule has 0 saturated carbocycles. The molecule has 0 radical (unpaired) electrons. The second kappa shape index (κ2) is 5.09. The Bertz CT molecular complexity index is 348. The third-order valence-electron chi connectivity index (χ3n) is 2.08. The molecule has 80 valence electrons. The molecule has 1 amide bonds. The Labute approximate surface area is 87.5 Å². The molecule has 5 heteroatoms.